The molecule has 1 aromatic rings. The quantitative estimate of drug-likeness (QED) is 0.904. The maximum atomic E-state index is 12.6. The van der Waals surface area contributed by atoms with Gasteiger partial charge in [0.05, 0.1) is 18.7 Å². The molecule has 2 aliphatic rings. The molecule has 1 aliphatic carbocycles. The summed E-state index contributed by atoms with van der Waals surface area (Å²) in [6, 6.07) is 2.88. The zero-order chi connectivity index (χ0) is 17.9. The summed E-state index contributed by atoms with van der Waals surface area (Å²) in [6.45, 7) is 1.34. The summed E-state index contributed by atoms with van der Waals surface area (Å²) >= 11 is 0. The second-order valence-electron chi connectivity index (χ2n) is 7.07. The third-order valence-electron chi connectivity index (χ3n) is 5.28. The molecule has 0 atom stereocenters. The number of pyridine rings is 1. The Balaban J connectivity index is 1.50. The molecule has 1 amide bonds. The van der Waals surface area contributed by atoms with E-state index in [0.29, 0.717) is 24.9 Å². The van der Waals surface area contributed by atoms with E-state index in [0.717, 1.165) is 37.9 Å². The van der Waals surface area contributed by atoms with Crippen LogP contribution in [-0.2, 0) is 11.0 Å². The van der Waals surface area contributed by atoms with E-state index < -0.39 is 11.7 Å². The minimum atomic E-state index is -4.33. The van der Waals surface area contributed by atoms with E-state index in [1.807, 2.05) is 4.90 Å². The van der Waals surface area contributed by atoms with E-state index in [-0.39, 0.29) is 11.8 Å². The lowest BCUT2D eigenvalue weighted by molar-refractivity contribution is -0.367. The van der Waals surface area contributed by atoms with Gasteiger partial charge >= 0.3 is 6.18 Å². The first kappa shape index (κ1) is 18.0. The number of H-pyrrole nitrogens is 1. The zero-order valence-electron chi connectivity index (χ0n) is 14.2. The second kappa shape index (κ2) is 7.62. The van der Waals surface area contributed by atoms with E-state index in [9.17, 15) is 18.0 Å². The number of hydrogen-bond acceptors (Lipinski definition) is 2. The first-order chi connectivity index (χ1) is 11.9. The van der Waals surface area contributed by atoms with Crippen molar-refractivity contribution in [2.24, 2.45) is 5.92 Å². The minimum absolute atomic E-state index is 0.00706. The average Bonchev–Trinajstić information content (AvgIpc) is 2.62. The molecule has 4 nitrogen and oxygen atoms in total. The van der Waals surface area contributed by atoms with Gasteiger partial charge in [-0.2, -0.15) is 13.2 Å². The summed E-state index contributed by atoms with van der Waals surface area (Å²) in [5.74, 6) is 0.815. The number of aromatic nitrogens is 1. The molecule has 2 fully saturated rings. The topological polar surface area (TPSA) is 46.5 Å². The highest BCUT2D eigenvalue weighted by atomic mass is 19.4. The number of carbonyl (C=O) groups is 1. The number of amides is 1. The van der Waals surface area contributed by atoms with Gasteiger partial charge in [0.25, 0.3) is 5.82 Å². The molecule has 0 radical (unpaired) electrons. The van der Waals surface area contributed by atoms with E-state index in [1.54, 1.807) is 0 Å². The van der Waals surface area contributed by atoms with Crippen LogP contribution in [0.15, 0.2) is 18.3 Å². The van der Waals surface area contributed by atoms with Crippen molar-refractivity contribution in [2.45, 2.75) is 57.2 Å². The Morgan fingerprint density at radius 3 is 2.32 bits per heavy atom. The van der Waals surface area contributed by atoms with Crippen LogP contribution < -0.4 is 15.2 Å². The van der Waals surface area contributed by atoms with Gasteiger partial charge in [-0.15, -0.1) is 0 Å². The summed E-state index contributed by atoms with van der Waals surface area (Å²) in [6.07, 6.45) is 3.90. The Labute approximate surface area is 145 Å². The van der Waals surface area contributed by atoms with E-state index in [2.05, 4.69) is 10.3 Å². The SMILES string of the molecule is O=C(NC1CCCCC1)C1CCN(c2ccc(C(F)(F)F)c[nH+]2)CC1. The normalized spacial score (nSPS) is 20.5. The molecule has 0 bridgehead atoms. The number of carbonyl (C=O) groups excluding carboxylic acids is 1. The average molecular weight is 356 g/mol. The molecule has 7 heteroatoms. The number of rotatable bonds is 3. The Kier molecular flexibility index (Phi) is 5.49. The second-order valence-corrected chi connectivity index (χ2v) is 7.07. The van der Waals surface area contributed by atoms with Crippen molar-refractivity contribution in [3.05, 3.63) is 23.9 Å². The fourth-order valence-electron chi connectivity index (χ4n) is 3.74. The number of nitrogens with one attached hydrogen (secondary N) is 2. The van der Waals surface area contributed by atoms with Crippen LogP contribution in [0.25, 0.3) is 0 Å². The predicted octanol–water partition coefficient (Wildman–Crippen LogP) is 3.18. The van der Waals surface area contributed by atoms with Crippen LogP contribution in [0, 0.1) is 5.92 Å². The van der Waals surface area contributed by atoms with Crippen molar-refractivity contribution in [1.82, 2.24) is 5.32 Å². The zero-order valence-corrected chi connectivity index (χ0v) is 14.2. The van der Waals surface area contributed by atoms with Gasteiger partial charge in [-0.1, -0.05) is 19.3 Å². The largest absolute Gasteiger partial charge is 0.419 e. The van der Waals surface area contributed by atoms with Crippen LogP contribution in [0.1, 0.15) is 50.5 Å². The molecule has 25 heavy (non-hydrogen) atoms. The third kappa shape index (κ3) is 4.64. The monoisotopic (exact) mass is 356 g/mol. The number of anilines is 1. The van der Waals surface area contributed by atoms with Crippen LogP contribution in [0.3, 0.4) is 0 Å². The van der Waals surface area contributed by atoms with Gasteiger partial charge in [0.15, 0.2) is 0 Å². The summed E-state index contributed by atoms with van der Waals surface area (Å²) < 4.78 is 37.8. The third-order valence-corrected chi connectivity index (χ3v) is 5.28. The molecule has 138 valence electrons. The van der Waals surface area contributed by atoms with Crippen LogP contribution in [0.2, 0.25) is 0 Å². The van der Waals surface area contributed by atoms with Gasteiger partial charge in [0.2, 0.25) is 5.91 Å². The highest BCUT2D eigenvalue weighted by Gasteiger charge is 2.34. The maximum Gasteiger partial charge on any atom is 0.419 e. The molecule has 1 aliphatic heterocycles. The number of hydrogen-bond donors (Lipinski definition) is 1. The van der Waals surface area contributed by atoms with Gasteiger partial charge in [-0.25, -0.2) is 4.98 Å². The molecule has 1 saturated carbocycles. The lowest BCUT2D eigenvalue weighted by Gasteiger charge is -2.29. The van der Waals surface area contributed by atoms with Gasteiger partial charge in [-0.05, 0) is 31.7 Å². The Morgan fingerprint density at radius 1 is 1.08 bits per heavy atom. The van der Waals surface area contributed by atoms with Gasteiger partial charge in [0.1, 0.15) is 6.20 Å². The van der Waals surface area contributed by atoms with Gasteiger partial charge in [-0.3, -0.25) is 9.69 Å². The molecule has 1 saturated heterocycles. The van der Waals surface area contributed by atoms with Crippen molar-refractivity contribution < 1.29 is 22.9 Å². The van der Waals surface area contributed by atoms with Crippen molar-refractivity contribution >= 4 is 11.7 Å². The van der Waals surface area contributed by atoms with Crippen molar-refractivity contribution in [3.8, 4) is 0 Å². The first-order valence-electron chi connectivity index (χ1n) is 9.08. The molecule has 3 rings (SSSR count). The van der Waals surface area contributed by atoms with Crippen LogP contribution in [0.4, 0.5) is 19.0 Å². The number of piperidine rings is 1. The number of nitrogens with zero attached hydrogens (tertiary/aromatic N) is 1. The van der Waals surface area contributed by atoms with E-state index in [1.165, 1.54) is 25.3 Å². The van der Waals surface area contributed by atoms with Crippen LogP contribution >= 0.6 is 0 Å². The summed E-state index contributed by atoms with van der Waals surface area (Å²) in [5, 5.41) is 3.18. The van der Waals surface area contributed by atoms with Crippen molar-refractivity contribution in [2.75, 3.05) is 18.0 Å². The fourth-order valence-corrected chi connectivity index (χ4v) is 3.74. The molecule has 0 aromatic carbocycles. The molecule has 2 heterocycles. The standard InChI is InChI=1S/C18H24F3N3O/c19-18(20,21)14-6-7-16(22-12-14)24-10-8-13(9-11-24)17(25)23-15-4-2-1-3-5-15/h6-7,12-13,15H,1-5,8-11H2,(H,23,25)/p+1. The fraction of sp³-hybridized carbons (Fsp3) is 0.667. The molecule has 0 unspecified atom stereocenters. The van der Waals surface area contributed by atoms with E-state index >= 15 is 0 Å². The Bertz CT molecular complexity index is 574. The number of halogens is 3. The lowest BCUT2D eigenvalue weighted by atomic mass is 9.92. The van der Waals surface area contributed by atoms with Crippen molar-refractivity contribution in [3.63, 3.8) is 0 Å². The molecular formula is C18H25F3N3O+. The van der Waals surface area contributed by atoms with Crippen LogP contribution in [-0.4, -0.2) is 25.0 Å². The number of aromatic amines is 1. The molecular weight excluding hydrogens is 331 g/mol. The highest BCUT2D eigenvalue weighted by Crippen LogP contribution is 2.29. The Morgan fingerprint density at radius 2 is 1.76 bits per heavy atom. The van der Waals surface area contributed by atoms with Crippen LogP contribution in [0.5, 0.6) is 0 Å². The maximum absolute atomic E-state index is 12.6. The minimum Gasteiger partial charge on any atom is -0.353 e. The van der Waals surface area contributed by atoms with Crippen molar-refractivity contribution in [1.29, 1.82) is 0 Å². The first-order valence-corrected chi connectivity index (χ1v) is 9.08. The summed E-state index contributed by atoms with van der Waals surface area (Å²) in [4.78, 5) is 17.1. The van der Waals surface area contributed by atoms with E-state index in [4.69, 9.17) is 0 Å². The predicted molar refractivity (Wildman–Crippen MR) is 88.0 cm³/mol. The molecule has 0 spiro atoms. The smallest absolute Gasteiger partial charge is 0.353 e. The highest BCUT2D eigenvalue weighted by molar-refractivity contribution is 5.79. The lowest BCUT2D eigenvalue weighted by Crippen LogP contribution is -2.45. The number of alkyl halides is 3. The van der Waals surface area contributed by atoms with Gasteiger partial charge < -0.3 is 5.32 Å². The molecule has 1 aromatic heterocycles. The Hall–Kier alpha value is -1.79. The summed E-state index contributed by atoms with van der Waals surface area (Å²) in [5.41, 5.74) is -0.682. The molecule has 2 N–H and O–H groups in total. The summed E-state index contributed by atoms with van der Waals surface area (Å²) in [7, 11) is 0. The van der Waals surface area contributed by atoms with Gasteiger partial charge in [0, 0.05) is 18.0 Å².